The van der Waals surface area contributed by atoms with Crippen LogP contribution in [0, 0.1) is 10.1 Å². The lowest BCUT2D eigenvalue weighted by atomic mass is 10.1. The lowest BCUT2D eigenvalue weighted by Gasteiger charge is -2.12. The number of hydrogen-bond acceptors (Lipinski definition) is 6. The number of amides is 1. The summed E-state index contributed by atoms with van der Waals surface area (Å²) in [6.45, 7) is 0.114. The fourth-order valence-electron chi connectivity index (χ4n) is 2.46. The number of nitro benzene ring substituents is 1. The van der Waals surface area contributed by atoms with E-state index >= 15 is 0 Å². The highest BCUT2D eigenvalue weighted by Crippen LogP contribution is 2.34. The summed E-state index contributed by atoms with van der Waals surface area (Å²) in [6.07, 6.45) is -4.69. The third-order valence-electron chi connectivity index (χ3n) is 3.90. The number of nitro groups is 1. The van der Waals surface area contributed by atoms with Crippen molar-refractivity contribution < 1.29 is 32.4 Å². The molecule has 0 aliphatic carbocycles. The van der Waals surface area contributed by atoms with Gasteiger partial charge in [-0.25, -0.2) is 0 Å². The predicted octanol–water partition coefficient (Wildman–Crippen LogP) is 3.47. The van der Waals surface area contributed by atoms with Crippen molar-refractivity contribution in [2.45, 2.75) is 6.18 Å². The van der Waals surface area contributed by atoms with Crippen molar-refractivity contribution in [2.75, 3.05) is 32.6 Å². The number of methoxy groups -OCH3 is 2. The Balaban J connectivity index is 2.00. The fourth-order valence-corrected chi connectivity index (χ4v) is 2.46. The summed E-state index contributed by atoms with van der Waals surface area (Å²) in [5, 5.41) is 16.3. The molecular formula is C18H18F3N3O5. The van der Waals surface area contributed by atoms with E-state index in [1.807, 2.05) is 0 Å². The first kappa shape index (κ1) is 21.8. The maximum Gasteiger partial charge on any atom is 0.416 e. The molecule has 0 atom stereocenters. The van der Waals surface area contributed by atoms with E-state index in [4.69, 9.17) is 9.47 Å². The molecular weight excluding hydrogens is 395 g/mol. The average Bonchev–Trinajstić information content (AvgIpc) is 2.69. The number of halogens is 3. The molecule has 2 aromatic carbocycles. The van der Waals surface area contributed by atoms with Gasteiger partial charge in [0.1, 0.15) is 17.2 Å². The number of nitrogens with zero attached hydrogens (tertiary/aromatic N) is 1. The van der Waals surface area contributed by atoms with Gasteiger partial charge in [-0.3, -0.25) is 14.9 Å². The molecule has 0 saturated carbocycles. The topological polar surface area (TPSA) is 103 Å². The van der Waals surface area contributed by atoms with Gasteiger partial charge in [-0.05, 0) is 24.3 Å². The molecule has 0 aliphatic rings. The van der Waals surface area contributed by atoms with E-state index in [2.05, 4.69) is 10.6 Å². The first-order valence-corrected chi connectivity index (χ1v) is 8.27. The van der Waals surface area contributed by atoms with Gasteiger partial charge >= 0.3 is 6.18 Å². The molecule has 1 amide bonds. The molecule has 2 rings (SSSR count). The molecule has 0 radical (unpaired) electrons. The van der Waals surface area contributed by atoms with E-state index in [0.717, 1.165) is 12.1 Å². The lowest BCUT2D eigenvalue weighted by Crippen LogP contribution is -2.29. The van der Waals surface area contributed by atoms with Crippen molar-refractivity contribution in [3.63, 3.8) is 0 Å². The lowest BCUT2D eigenvalue weighted by molar-refractivity contribution is -0.384. The Bertz CT molecular complexity index is 903. The van der Waals surface area contributed by atoms with E-state index in [9.17, 15) is 28.1 Å². The van der Waals surface area contributed by atoms with Gasteiger partial charge in [0, 0.05) is 25.2 Å². The first-order chi connectivity index (χ1) is 13.7. The Morgan fingerprint density at radius 1 is 1.10 bits per heavy atom. The molecule has 0 aliphatic heterocycles. The molecule has 156 valence electrons. The van der Waals surface area contributed by atoms with Gasteiger partial charge in [0.25, 0.3) is 11.6 Å². The molecule has 29 heavy (non-hydrogen) atoms. The summed E-state index contributed by atoms with van der Waals surface area (Å²) in [5.41, 5.74) is -1.65. The molecule has 0 fully saturated rings. The van der Waals surface area contributed by atoms with Crippen molar-refractivity contribution in [1.29, 1.82) is 0 Å². The highest BCUT2D eigenvalue weighted by Gasteiger charge is 2.33. The average molecular weight is 413 g/mol. The Morgan fingerprint density at radius 3 is 2.41 bits per heavy atom. The van der Waals surface area contributed by atoms with Crippen LogP contribution in [0.15, 0.2) is 36.4 Å². The number of carbonyl (C=O) groups is 1. The first-order valence-electron chi connectivity index (χ1n) is 8.27. The summed E-state index contributed by atoms with van der Waals surface area (Å²) in [5.74, 6) is 0.357. The molecule has 0 heterocycles. The van der Waals surface area contributed by atoms with Crippen LogP contribution in [0.5, 0.6) is 11.5 Å². The molecule has 0 bridgehead atoms. The molecule has 11 heteroatoms. The van der Waals surface area contributed by atoms with Crippen LogP contribution in [0.25, 0.3) is 0 Å². The summed E-state index contributed by atoms with van der Waals surface area (Å²) in [6, 6.07) is 6.83. The maximum atomic E-state index is 12.7. The smallest absolute Gasteiger partial charge is 0.416 e. The SMILES string of the molecule is COc1ccc(C(=O)NCCNc2ccc(C(F)(F)F)cc2[N+](=O)[O-])c(OC)c1. The number of rotatable bonds is 8. The van der Waals surface area contributed by atoms with Crippen molar-refractivity contribution >= 4 is 17.3 Å². The van der Waals surface area contributed by atoms with Crippen LogP contribution in [-0.4, -0.2) is 38.1 Å². The van der Waals surface area contributed by atoms with Crippen molar-refractivity contribution in [3.05, 3.63) is 57.6 Å². The van der Waals surface area contributed by atoms with Gasteiger partial charge in [-0.1, -0.05) is 0 Å². The number of anilines is 1. The van der Waals surface area contributed by atoms with Gasteiger partial charge in [0.2, 0.25) is 0 Å². The highest BCUT2D eigenvalue weighted by molar-refractivity contribution is 5.97. The standard InChI is InChI=1S/C18H18F3N3O5/c1-28-12-4-5-13(16(10-12)29-2)17(25)23-8-7-22-14-6-3-11(18(19,20)21)9-15(14)24(26)27/h3-6,9-10,22H,7-8H2,1-2H3,(H,23,25). The molecule has 0 spiro atoms. The van der Waals surface area contributed by atoms with Crippen LogP contribution in [0.1, 0.15) is 15.9 Å². The van der Waals surface area contributed by atoms with Crippen molar-refractivity contribution in [1.82, 2.24) is 5.32 Å². The number of alkyl halides is 3. The quantitative estimate of drug-likeness (QED) is 0.390. The Morgan fingerprint density at radius 2 is 1.83 bits per heavy atom. The van der Waals surface area contributed by atoms with Crippen molar-refractivity contribution in [2.24, 2.45) is 0 Å². The monoisotopic (exact) mass is 413 g/mol. The predicted molar refractivity (Wildman–Crippen MR) is 98.5 cm³/mol. The minimum absolute atomic E-state index is 0.0520. The van der Waals surface area contributed by atoms with Crippen molar-refractivity contribution in [3.8, 4) is 11.5 Å². The van der Waals surface area contributed by atoms with Gasteiger partial charge in [0.05, 0.1) is 30.3 Å². The second kappa shape index (κ2) is 9.13. The minimum atomic E-state index is -4.69. The zero-order valence-electron chi connectivity index (χ0n) is 15.5. The van der Waals surface area contributed by atoms with Gasteiger partial charge in [-0.15, -0.1) is 0 Å². The maximum absolute atomic E-state index is 12.7. The van der Waals surface area contributed by atoms with Crippen LogP contribution in [0.4, 0.5) is 24.5 Å². The number of hydrogen-bond donors (Lipinski definition) is 2. The summed E-state index contributed by atoms with van der Waals surface area (Å²) >= 11 is 0. The Hall–Kier alpha value is -3.50. The normalized spacial score (nSPS) is 10.9. The largest absolute Gasteiger partial charge is 0.497 e. The fraction of sp³-hybridized carbons (Fsp3) is 0.278. The molecule has 0 unspecified atom stereocenters. The third kappa shape index (κ3) is 5.50. The van der Waals surface area contributed by atoms with Crippen LogP contribution >= 0.6 is 0 Å². The number of nitrogens with one attached hydrogen (secondary N) is 2. The minimum Gasteiger partial charge on any atom is -0.497 e. The molecule has 8 nitrogen and oxygen atoms in total. The van der Waals surface area contributed by atoms with Crippen LogP contribution in [0.3, 0.4) is 0 Å². The molecule has 2 aromatic rings. The molecule has 0 saturated heterocycles. The van der Waals surface area contributed by atoms with Gasteiger partial charge in [-0.2, -0.15) is 13.2 Å². The van der Waals surface area contributed by atoms with E-state index < -0.39 is 28.3 Å². The van der Waals surface area contributed by atoms with Gasteiger partial charge < -0.3 is 20.1 Å². The number of ether oxygens (including phenoxy) is 2. The molecule has 0 aromatic heterocycles. The Labute approximate surface area is 163 Å². The van der Waals surface area contributed by atoms with E-state index in [1.165, 1.54) is 20.3 Å². The summed E-state index contributed by atoms with van der Waals surface area (Å²) in [4.78, 5) is 22.4. The second-order valence-electron chi connectivity index (χ2n) is 5.74. The molecule has 2 N–H and O–H groups in total. The Kier molecular flexibility index (Phi) is 6.86. The van der Waals surface area contributed by atoms with Crippen LogP contribution in [-0.2, 0) is 6.18 Å². The third-order valence-corrected chi connectivity index (χ3v) is 3.90. The van der Waals surface area contributed by atoms with Crippen LogP contribution < -0.4 is 20.1 Å². The second-order valence-corrected chi connectivity index (χ2v) is 5.74. The summed E-state index contributed by atoms with van der Waals surface area (Å²) in [7, 11) is 2.87. The van der Waals surface area contributed by atoms with E-state index in [1.54, 1.807) is 12.1 Å². The number of carbonyl (C=O) groups excluding carboxylic acids is 1. The van der Waals surface area contributed by atoms with E-state index in [-0.39, 0.29) is 24.3 Å². The van der Waals surface area contributed by atoms with Gasteiger partial charge in [0.15, 0.2) is 0 Å². The van der Waals surface area contributed by atoms with Crippen LogP contribution in [0.2, 0.25) is 0 Å². The zero-order chi connectivity index (χ0) is 21.6. The highest BCUT2D eigenvalue weighted by atomic mass is 19.4. The number of benzene rings is 2. The summed E-state index contributed by atoms with van der Waals surface area (Å²) < 4.78 is 48.4. The zero-order valence-corrected chi connectivity index (χ0v) is 15.5. The van der Waals surface area contributed by atoms with E-state index in [0.29, 0.717) is 17.6 Å².